The smallest absolute Gasteiger partial charge is 0.370 e. The van der Waals surface area contributed by atoms with Gasteiger partial charge in [0.15, 0.2) is 0 Å². The lowest BCUT2D eigenvalue weighted by Gasteiger charge is -2.14. The van der Waals surface area contributed by atoms with Crippen LogP contribution in [0.15, 0.2) is 12.1 Å². The molecule has 0 saturated carbocycles. The van der Waals surface area contributed by atoms with Gasteiger partial charge in [0.05, 0.1) is 0 Å². The van der Waals surface area contributed by atoms with Crippen LogP contribution in [-0.4, -0.2) is 8.42 Å². The summed E-state index contributed by atoms with van der Waals surface area (Å²) < 4.78 is 26.8. The van der Waals surface area contributed by atoms with Gasteiger partial charge in [0, 0.05) is 0 Å². The summed E-state index contributed by atoms with van der Waals surface area (Å²) in [5.41, 5.74) is 2.78. The predicted octanol–water partition coefficient (Wildman–Crippen LogP) is 1.70. The molecule has 0 amide bonds. The van der Waals surface area contributed by atoms with Crippen LogP contribution in [0.4, 0.5) is 0 Å². The van der Waals surface area contributed by atoms with Crippen LogP contribution >= 0.6 is 0 Å². The molecule has 0 unspecified atom stereocenters. The van der Waals surface area contributed by atoms with Crippen molar-refractivity contribution in [2.24, 2.45) is 5.14 Å². The molecule has 0 aliphatic heterocycles. The molecule has 4 nitrogen and oxygen atoms in total. The second-order valence-electron chi connectivity index (χ2n) is 3.63. The molecule has 5 heteroatoms. The second kappa shape index (κ2) is 4.84. The molecule has 0 saturated heterocycles. The topological polar surface area (TPSA) is 69.4 Å². The van der Waals surface area contributed by atoms with Crippen LogP contribution in [0, 0.1) is 6.92 Å². The molecular weight excluding hydrogens is 226 g/mol. The van der Waals surface area contributed by atoms with Gasteiger partial charge < -0.3 is 4.18 Å². The Morgan fingerprint density at radius 2 is 1.88 bits per heavy atom. The third-order valence-corrected chi connectivity index (χ3v) is 2.89. The van der Waals surface area contributed by atoms with E-state index in [-0.39, 0.29) is 0 Å². The van der Waals surface area contributed by atoms with E-state index in [0.29, 0.717) is 5.75 Å². The Morgan fingerprint density at radius 3 is 2.31 bits per heavy atom. The number of benzene rings is 1. The standard InChI is InChI=1S/C11H17NO3S/c1-4-9-7-6-8(3)11(10(9)5-2)15-16(12,13)14/h6-7H,4-5H2,1-3H3,(H2,12,13,14). The van der Waals surface area contributed by atoms with E-state index in [4.69, 9.17) is 9.32 Å². The molecule has 1 aromatic rings. The maximum atomic E-state index is 11.0. The van der Waals surface area contributed by atoms with Gasteiger partial charge in [-0.1, -0.05) is 26.0 Å². The zero-order valence-electron chi connectivity index (χ0n) is 9.78. The average Bonchev–Trinajstić information content (AvgIpc) is 2.19. The third-order valence-electron chi connectivity index (χ3n) is 2.49. The highest BCUT2D eigenvalue weighted by Crippen LogP contribution is 2.28. The Bertz CT molecular complexity index is 480. The lowest BCUT2D eigenvalue weighted by Crippen LogP contribution is -2.20. The van der Waals surface area contributed by atoms with Gasteiger partial charge in [-0.25, -0.2) is 0 Å². The summed E-state index contributed by atoms with van der Waals surface area (Å²) in [5.74, 6) is 0.379. The molecule has 0 spiro atoms. The fourth-order valence-corrected chi connectivity index (χ4v) is 2.20. The highest BCUT2D eigenvalue weighted by atomic mass is 32.2. The number of nitrogens with two attached hydrogens (primary N) is 1. The number of rotatable bonds is 4. The van der Waals surface area contributed by atoms with Crippen LogP contribution in [0.25, 0.3) is 0 Å². The van der Waals surface area contributed by atoms with Crippen molar-refractivity contribution in [1.29, 1.82) is 0 Å². The predicted molar refractivity (Wildman–Crippen MR) is 63.7 cm³/mol. The monoisotopic (exact) mass is 243 g/mol. The zero-order valence-corrected chi connectivity index (χ0v) is 10.6. The van der Waals surface area contributed by atoms with Crippen LogP contribution < -0.4 is 9.32 Å². The van der Waals surface area contributed by atoms with Crippen molar-refractivity contribution in [3.05, 3.63) is 28.8 Å². The molecular formula is C11H17NO3S. The highest BCUT2D eigenvalue weighted by molar-refractivity contribution is 7.84. The fraction of sp³-hybridized carbons (Fsp3) is 0.455. The minimum Gasteiger partial charge on any atom is -0.370 e. The molecule has 0 radical (unpaired) electrons. The van der Waals surface area contributed by atoms with E-state index in [2.05, 4.69) is 0 Å². The van der Waals surface area contributed by atoms with E-state index in [1.54, 1.807) is 6.92 Å². The largest absolute Gasteiger partial charge is 0.380 e. The van der Waals surface area contributed by atoms with Crippen molar-refractivity contribution in [3.8, 4) is 5.75 Å². The van der Waals surface area contributed by atoms with Gasteiger partial charge in [-0.3, -0.25) is 0 Å². The van der Waals surface area contributed by atoms with Crippen LogP contribution in [0.5, 0.6) is 5.75 Å². The van der Waals surface area contributed by atoms with E-state index in [1.165, 1.54) is 0 Å². The Labute approximate surface area is 96.7 Å². The summed E-state index contributed by atoms with van der Waals surface area (Å²) >= 11 is 0. The number of aryl methyl sites for hydroxylation is 2. The zero-order chi connectivity index (χ0) is 12.3. The molecule has 90 valence electrons. The SMILES string of the molecule is CCc1ccc(C)c(OS(N)(=O)=O)c1CC. The van der Waals surface area contributed by atoms with Crippen molar-refractivity contribution < 1.29 is 12.6 Å². The van der Waals surface area contributed by atoms with Gasteiger partial charge in [0.1, 0.15) is 5.75 Å². The minimum atomic E-state index is -3.96. The van der Waals surface area contributed by atoms with Gasteiger partial charge in [-0.15, -0.1) is 0 Å². The van der Waals surface area contributed by atoms with Crippen LogP contribution in [0.2, 0.25) is 0 Å². The first-order chi connectivity index (χ1) is 7.39. The normalized spacial score (nSPS) is 11.5. The van der Waals surface area contributed by atoms with E-state index in [9.17, 15) is 8.42 Å². The van der Waals surface area contributed by atoms with Crippen LogP contribution in [-0.2, 0) is 23.1 Å². The van der Waals surface area contributed by atoms with Crippen molar-refractivity contribution in [2.45, 2.75) is 33.6 Å². The molecule has 16 heavy (non-hydrogen) atoms. The minimum absolute atomic E-state index is 0.379. The number of hydrogen-bond donors (Lipinski definition) is 1. The maximum Gasteiger partial charge on any atom is 0.380 e. The summed E-state index contributed by atoms with van der Waals surface area (Å²) in [5, 5.41) is 4.90. The first kappa shape index (κ1) is 13.0. The molecule has 0 bridgehead atoms. The van der Waals surface area contributed by atoms with Gasteiger partial charge in [-0.05, 0) is 36.5 Å². The van der Waals surface area contributed by atoms with E-state index in [0.717, 1.165) is 29.5 Å². The molecule has 0 aromatic heterocycles. The van der Waals surface area contributed by atoms with E-state index < -0.39 is 10.3 Å². The molecule has 0 atom stereocenters. The highest BCUT2D eigenvalue weighted by Gasteiger charge is 2.14. The molecule has 2 N–H and O–H groups in total. The van der Waals surface area contributed by atoms with Crippen molar-refractivity contribution in [3.63, 3.8) is 0 Å². The van der Waals surface area contributed by atoms with Crippen molar-refractivity contribution in [1.82, 2.24) is 0 Å². The summed E-state index contributed by atoms with van der Waals surface area (Å²) in [6, 6.07) is 3.84. The van der Waals surface area contributed by atoms with Gasteiger partial charge in [0.25, 0.3) is 0 Å². The summed E-state index contributed by atoms with van der Waals surface area (Å²) in [4.78, 5) is 0. The van der Waals surface area contributed by atoms with Gasteiger partial charge >= 0.3 is 10.3 Å². The second-order valence-corrected chi connectivity index (χ2v) is 4.78. The summed E-state index contributed by atoms with van der Waals surface area (Å²) in [6.07, 6.45) is 1.56. The van der Waals surface area contributed by atoms with Crippen molar-refractivity contribution in [2.75, 3.05) is 0 Å². The van der Waals surface area contributed by atoms with Crippen LogP contribution in [0.3, 0.4) is 0 Å². The summed E-state index contributed by atoms with van der Waals surface area (Å²) in [7, 11) is -3.96. The van der Waals surface area contributed by atoms with E-state index in [1.807, 2.05) is 26.0 Å². The molecule has 0 heterocycles. The van der Waals surface area contributed by atoms with E-state index >= 15 is 0 Å². The van der Waals surface area contributed by atoms with Gasteiger partial charge in [-0.2, -0.15) is 13.6 Å². The summed E-state index contributed by atoms with van der Waals surface area (Å²) in [6.45, 7) is 5.79. The Kier molecular flexibility index (Phi) is 3.93. The first-order valence-electron chi connectivity index (χ1n) is 5.22. The molecule has 0 aliphatic rings. The lowest BCUT2D eigenvalue weighted by molar-refractivity contribution is 0.482. The quantitative estimate of drug-likeness (QED) is 0.875. The Hall–Kier alpha value is -1.07. The molecule has 1 rings (SSSR count). The van der Waals surface area contributed by atoms with Crippen LogP contribution in [0.1, 0.15) is 30.5 Å². The first-order valence-corrected chi connectivity index (χ1v) is 6.69. The molecule has 0 aliphatic carbocycles. The van der Waals surface area contributed by atoms with Gasteiger partial charge in [0.2, 0.25) is 0 Å². The third kappa shape index (κ3) is 2.96. The molecule has 1 aromatic carbocycles. The number of hydrogen-bond acceptors (Lipinski definition) is 3. The maximum absolute atomic E-state index is 11.0. The Balaban J connectivity index is 3.34. The average molecular weight is 243 g/mol. The molecule has 0 fully saturated rings. The fourth-order valence-electron chi connectivity index (χ4n) is 1.74. The Morgan fingerprint density at radius 1 is 1.25 bits per heavy atom. The van der Waals surface area contributed by atoms with Crippen molar-refractivity contribution >= 4 is 10.3 Å². The lowest BCUT2D eigenvalue weighted by atomic mass is 9.99.